The Hall–Kier alpha value is -0.980. The number of thiazole rings is 1. The molecule has 0 saturated carbocycles. The number of nitrogens with zero attached hydrogens (tertiary/aromatic N) is 3. The molecule has 2 rings (SSSR count). The first-order chi connectivity index (χ1) is 9.58. The molecule has 1 atom stereocenters. The standard InChI is InChI=1S/C14H24N4OS/c1-4-11-10-20-14(16-11)7-15-13(19)9-18-6-5-12(8-18)17(2)3/h10,12H,4-9H2,1-3H3,(H,15,19)/t12-/m1/s1. The molecule has 0 radical (unpaired) electrons. The van der Waals surface area contributed by atoms with Crippen molar-refractivity contribution in [3.63, 3.8) is 0 Å². The third-order valence-electron chi connectivity index (χ3n) is 3.74. The highest BCUT2D eigenvalue weighted by atomic mass is 32.1. The Kier molecular flexibility index (Phi) is 5.51. The zero-order valence-corrected chi connectivity index (χ0v) is 13.4. The molecule has 112 valence electrons. The van der Waals surface area contributed by atoms with E-state index in [1.54, 1.807) is 11.3 Å². The van der Waals surface area contributed by atoms with Crippen molar-refractivity contribution in [1.82, 2.24) is 20.1 Å². The average molecular weight is 296 g/mol. The van der Waals surface area contributed by atoms with Crippen molar-refractivity contribution < 1.29 is 4.79 Å². The molecule has 1 N–H and O–H groups in total. The lowest BCUT2D eigenvalue weighted by molar-refractivity contribution is -0.122. The van der Waals surface area contributed by atoms with Gasteiger partial charge in [-0.05, 0) is 26.9 Å². The van der Waals surface area contributed by atoms with E-state index in [1.807, 2.05) is 0 Å². The maximum atomic E-state index is 11.9. The third kappa shape index (κ3) is 4.26. The fourth-order valence-electron chi connectivity index (χ4n) is 2.40. The van der Waals surface area contributed by atoms with Gasteiger partial charge in [0.15, 0.2) is 0 Å². The summed E-state index contributed by atoms with van der Waals surface area (Å²) in [4.78, 5) is 20.8. The Morgan fingerprint density at radius 1 is 1.60 bits per heavy atom. The molecule has 0 aromatic carbocycles. The SMILES string of the molecule is CCc1csc(CNC(=O)CN2CC[C@@H](N(C)C)C2)n1. The molecular weight excluding hydrogens is 272 g/mol. The van der Waals surface area contributed by atoms with Crippen LogP contribution in [0.25, 0.3) is 0 Å². The second-order valence-corrected chi connectivity index (χ2v) is 6.45. The van der Waals surface area contributed by atoms with Gasteiger partial charge in [-0.3, -0.25) is 9.69 Å². The van der Waals surface area contributed by atoms with Gasteiger partial charge >= 0.3 is 0 Å². The van der Waals surface area contributed by atoms with Crippen molar-refractivity contribution in [2.45, 2.75) is 32.4 Å². The molecule has 0 bridgehead atoms. The summed E-state index contributed by atoms with van der Waals surface area (Å²) in [6.07, 6.45) is 2.09. The summed E-state index contributed by atoms with van der Waals surface area (Å²) in [5.41, 5.74) is 1.10. The molecule has 20 heavy (non-hydrogen) atoms. The van der Waals surface area contributed by atoms with Gasteiger partial charge < -0.3 is 10.2 Å². The fraction of sp³-hybridized carbons (Fsp3) is 0.714. The molecule has 5 nitrogen and oxygen atoms in total. The minimum Gasteiger partial charge on any atom is -0.348 e. The van der Waals surface area contributed by atoms with E-state index in [9.17, 15) is 4.79 Å². The lowest BCUT2D eigenvalue weighted by Gasteiger charge is -2.19. The number of likely N-dealkylation sites (N-methyl/N-ethyl adjacent to an activating group) is 1. The maximum Gasteiger partial charge on any atom is 0.234 e. The number of carbonyl (C=O) groups is 1. The van der Waals surface area contributed by atoms with Crippen molar-refractivity contribution in [2.75, 3.05) is 33.7 Å². The quantitative estimate of drug-likeness (QED) is 0.849. The Labute approximate surface area is 125 Å². The molecule has 6 heteroatoms. The Balaban J connectivity index is 1.70. The molecule has 1 aromatic heterocycles. The molecule has 1 amide bonds. The van der Waals surface area contributed by atoms with Gasteiger partial charge in [0.05, 0.1) is 18.8 Å². The summed E-state index contributed by atoms with van der Waals surface area (Å²) < 4.78 is 0. The van der Waals surface area contributed by atoms with Crippen molar-refractivity contribution in [3.05, 3.63) is 16.1 Å². The van der Waals surface area contributed by atoms with Crippen molar-refractivity contribution >= 4 is 17.2 Å². The van der Waals surface area contributed by atoms with E-state index in [2.05, 4.69) is 46.5 Å². The molecule has 1 aromatic rings. The van der Waals surface area contributed by atoms with Gasteiger partial charge in [0, 0.05) is 24.5 Å². The van der Waals surface area contributed by atoms with Gasteiger partial charge in [-0.1, -0.05) is 6.92 Å². The van der Waals surface area contributed by atoms with Crippen LogP contribution in [0.15, 0.2) is 5.38 Å². The van der Waals surface area contributed by atoms with E-state index in [0.717, 1.165) is 36.6 Å². The average Bonchev–Trinajstić information content (AvgIpc) is 3.04. The number of amides is 1. The van der Waals surface area contributed by atoms with Crippen molar-refractivity contribution in [1.29, 1.82) is 0 Å². The lowest BCUT2D eigenvalue weighted by Crippen LogP contribution is -2.38. The zero-order valence-electron chi connectivity index (χ0n) is 12.6. The van der Waals surface area contributed by atoms with Crippen LogP contribution in [-0.2, 0) is 17.8 Å². The number of hydrogen-bond donors (Lipinski definition) is 1. The third-order valence-corrected chi connectivity index (χ3v) is 4.64. The molecule has 1 saturated heterocycles. The van der Waals surface area contributed by atoms with Crippen molar-refractivity contribution in [3.8, 4) is 0 Å². The second-order valence-electron chi connectivity index (χ2n) is 5.50. The molecule has 0 spiro atoms. The van der Waals surface area contributed by atoms with Crippen LogP contribution in [0.1, 0.15) is 24.0 Å². The van der Waals surface area contributed by atoms with E-state index < -0.39 is 0 Å². The van der Waals surface area contributed by atoms with Crippen molar-refractivity contribution in [2.24, 2.45) is 0 Å². The summed E-state index contributed by atoms with van der Waals surface area (Å²) in [6.45, 7) is 5.13. The smallest absolute Gasteiger partial charge is 0.234 e. The first-order valence-electron chi connectivity index (χ1n) is 7.17. The summed E-state index contributed by atoms with van der Waals surface area (Å²) in [6, 6.07) is 0.578. The predicted molar refractivity (Wildman–Crippen MR) is 81.9 cm³/mol. The lowest BCUT2D eigenvalue weighted by atomic mass is 10.2. The number of nitrogens with one attached hydrogen (secondary N) is 1. The summed E-state index contributed by atoms with van der Waals surface area (Å²) >= 11 is 1.62. The minimum atomic E-state index is 0.0951. The van der Waals surface area contributed by atoms with Crippen LogP contribution in [0.2, 0.25) is 0 Å². The number of likely N-dealkylation sites (tertiary alicyclic amines) is 1. The van der Waals surface area contributed by atoms with Gasteiger partial charge in [-0.25, -0.2) is 4.98 Å². The molecular formula is C14H24N4OS. The van der Waals surface area contributed by atoms with Gasteiger partial charge in [-0.2, -0.15) is 0 Å². The van der Waals surface area contributed by atoms with Gasteiger partial charge in [0.25, 0.3) is 0 Å². The van der Waals surface area contributed by atoms with Crippen LogP contribution in [0.5, 0.6) is 0 Å². The van der Waals surface area contributed by atoms with Crippen LogP contribution in [0, 0.1) is 0 Å². The number of aryl methyl sites for hydroxylation is 1. The highest BCUT2D eigenvalue weighted by molar-refractivity contribution is 7.09. The van der Waals surface area contributed by atoms with Crippen LogP contribution >= 0.6 is 11.3 Å². The first kappa shape index (κ1) is 15.4. The molecule has 2 heterocycles. The molecule has 1 fully saturated rings. The Morgan fingerprint density at radius 2 is 2.40 bits per heavy atom. The van der Waals surface area contributed by atoms with Crippen LogP contribution in [-0.4, -0.2) is 60.5 Å². The zero-order chi connectivity index (χ0) is 14.5. The molecule has 0 aliphatic carbocycles. The number of rotatable bonds is 6. The van der Waals surface area contributed by atoms with Gasteiger partial charge in [0.2, 0.25) is 5.91 Å². The number of carbonyl (C=O) groups excluding carboxylic acids is 1. The highest BCUT2D eigenvalue weighted by Crippen LogP contribution is 2.13. The maximum absolute atomic E-state index is 11.9. The highest BCUT2D eigenvalue weighted by Gasteiger charge is 2.25. The Morgan fingerprint density at radius 3 is 3.00 bits per heavy atom. The molecule has 1 aliphatic heterocycles. The van der Waals surface area contributed by atoms with E-state index in [-0.39, 0.29) is 5.91 Å². The number of aromatic nitrogens is 1. The van der Waals surface area contributed by atoms with E-state index in [1.165, 1.54) is 0 Å². The molecule has 0 unspecified atom stereocenters. The summed E-state index contributed by atoms with van der Waals surface area (Å²) in [7, 11) is 4.20. The first-order valence-corrected chi connectivity index (χ1v) is 8.05. The van der Waals surface area contributed by atoms with E-state index >= 15 is 0 Å². The van der Waals surface area contributed by atoms with Gasteiger partial charge in [-0.15, -0.1) is 11.3 Å². The fourth-order valence-corrected chi connectivity index (χ4v) is 3.22. The van der Waals surface area contributed by atoms with Gasteiger partial charge in [0.1, 0.15) is 5.01 Å². The second kappa shape index (κ2) is 7.15. The summed E-state index contributed by atoms with van der Waals surface area (Å²) in [5.74, 6) is 0.0951. The topological polar surface area (TPSA) is 48.5 Å². The van der Waals surface area contributed by atoms with Crippen LogP contribution < -0.4 is 5.32 Å². The minimum absolute atomic E-state index is 0.0951. The van der Waals surface area contributed by atoms with E-state index in [0.29, 0.717) is 19.1 Å². The monoisotopic (exact) mass is 296 g/mol. The van der Waals surface area contributed by atoms with Crippen LogP contribution in [0.3, 0.4) is 0 Å². The summed E-state index contributed by atoms with van der Waals surface area (Å²) in [5, 5.41) is 6.01. The van der Waals surface area contributed by atoms with E-state index in [4.69, 9.17) is 0 Å². The molecule has 1 aliphatic rings. The van der Waals surface area contributed by atoms with Crippen LogP contribution in [0.4, 0.5) is 0 Å². The predicted octanol–water partition coefficient (Wildman–Crippen LogP) is 0.958. The largest absolute Gasteiger partial charge is 0.348 e. The number of hydrogen-bond acceptors (Lipinski definition) is 5. The normalized spacial score (nSPS) is 19.7. The Bertz CT molecular complexity index is 446.